The molecule has 1 aliphatic rings. The number of fused-ring (bicyclic) bond motifs is 1. The van der Waals surface area contributed by atoms with Crippen LogP contribution in [0.4, 0.5) is 0 Å². The van der Waals surface area contributed by atoms with E-state index in [9.17, 15) is 18.0 Å². The van der Waals surface area contributed by atoms with Crippen LogP contribution in [0.2, 0.25) is 0 Å². The lowest BCUT2D eigenvalue weighted by Gasteiger charge is -2.34. The van der Waals surface area contributed by atoms with Crippen LogP contribution in [0.5, 0.6) is 0 Å². The third-order valence-corrected chi connectivity index (χ3v) is 6.90. The zero-order valence-electron chi connectivity index (χ0n) is 17.3. The highest BCUT2D eigenvalue weighted by atomic mass is 32.2. The van der Waals surface area contributed by atoms with E-state index in [0.29, 0.717) is 18.9 Å². The van der Waals surface area contributed by atoms with Crippen molar-refractivity contribution in [1.29, 1.82) is 0 Å². The molecule has 0 unspecified atom stereocenters. The highest BCUT2D eigenvalue weighted by Gasteiger charge is 2.32. The zero-order valence-corrected chi connectivity index (χ0v) is 18.1. The van der Waals surface area contributed by atoms with E-state index < -0.39 is 10.0 Å². The zero-order chi connectivity index (χ0) is 21.9. The molecule has 2 aromatic rings. The number of carbonyl (C=O) groups is 1. The van der Waals surface area contributed by atoms with E-state index in [1.807, 2.05) is 0 Å². The van der Waals surface area contributed by atoms with Crippen molar-refractivity contribution < 1.29 is 27.1 Å². The van der Waals surface area contributed by atoms with Crippen LogP contribution in [0.3, 0.4) is 0 Å². The van der Waals surface area contributed by atoms with Crippen LogP contribution in [0.1, 0.15) is 16.1 Å². The molecule has 0 aliphatic carbocycles. The summed E-state index contributed by atoms with van der Waals surface area (Å²) in [6.07, 6.45) is 1.37. The van der Waals surface area contributed by atoms with E-state index >= 15 is 0 Å². The lowest BCUT2D eigenvalue weighted by Crippen LogP contribution is -2.51. The Morgan fingerprint density at radius 2 is 1.83 bits per heavy atom. The van der Waals surface area contributed by atoms with Crippen molar-refractivity contribution in [2.75, 3.05) is 59.4 Å². The fourth-order valence-electron chi connectivity index (χ4n) is 3.39. The Morgan fingerprint density at radius 1 is 1.17 bits per heavy atom. The summed E-state index contributed by atoms with van der Waals surface area (Å²) < 4.78 is 42.8. The van der Waals surface area contributed by atoms with Gasteiger partial charge in [0.15, 0.2) is 0 Å². The van der Waals surface area contributed by atoms with Gasteiger partial charge in [0.25, 0.3) is 11.5 Å². The molecule has 1 fully saturated rings. The first-order valence-electron chi connectivity index (χ1n) is 9.53. The minimum atomic E-state index is -3.44. The van der Waals surface area contributed by atoms with Crippen LogP contribution >= 0.6 is 0 Å². The number of hydrogen-bond donors (Lipinski definition) is 0. The third-order valence-electron chi connectivity index (χ3n) is 5.07. The van der Waals surface area contributed by atoms with E-state index in [1.165, 1.54) is 34.3 Å². The summed E-state index contributed by atoms with van der Waals surface area (Å²) in [5.41, 5.74) is -0.0988. The number of ether oxygens (including phenoxy) is 2. The molecule has 0 aromatic carbocycles. The Bertz CT molecular complexity index is 1070. The first-order chi connectivity index (χ1) is 14.3. The summed E-state index contributed by atoms with van der Waals surface area (Å²) in [7, 11) is -0.459. The molecule has 30 heavy (non-hydrogen) atoms. The van der Waals surface area contributed by atoms with Crippen molar-refractivity contribution in [3.63, 3.8) is 0 Å². The lowest BCUT2D eigenvalue weighted by molar-refractivity contribution is 0.0697. The largest absolute Gasteiger partial charge is 0.442 e. The number of hydrogen-bond acceptors (Lipinski definition) is 8. The smallest absolute Gasteiger partial charge is 0.265 e. The Balaban J connectivity index is 1.82. The Labute approximate surface area is 174 Å². The lowest BCUT2D eigenvalue weighted by atomic mass is 10.1. The summed E-state index contributed by atoms with van der Waals surface area (Å²) in [6.45, 7) is 3.15. The highest BCUT2D eigenvalue weighted by Crippen LogP contribution is 2.23. The van der Waals surface area contributed by atoms with Crippen molar-refractivity contribution in [3.8, 4) is 0 Å². The van der Waals surface area contributed by atoms with E-state index in [0.717, 1.165) is 0 Å². The molecular formula is C18H26N4O7S. The predicted molar refractivity (Wildman–Crippen MR) is 108 cm³/mol. The minimum Gasteiger partial charge on any atom is -0.442 e. The van der Waals surface area contributed by atoms with Gasteiger partial charge in [-0.05, 0) is 6.92 Å². The third kappa shape index (κ3) is 4.41. The number of furan rings is 1. The second kappa shape index (κ2) is 9.25. The fourth-order valence-corrected chi connectivity index (χ4v) is 4.74. The molecule has 11 nitrogen and oxygen atoms in total. The SMILES string of the molecule is COCCn1cnc2oc(C)c(C(=O)N3CCN(S(=O)(=O)CCOC)CC3)c2c1=O. The molecule has 1 aliphatic heterocycles. The van der Waals surface area contributed by atoms with E-state index in [-0.39, 0.29) is 66.7 Å². The maximum atomic E-state index is 13.2. The van der Waals surface area contributed by atoms with Crippen LogP contribution in [-0.4, -0.2) is 92.4 Å². The van der Waals surface area contributed by atoms with Gasteiger partial charge < -0.3 is 18.8 Å². The summed E-state index contributed by atoms with van der Waals surface area (Å²) in [5, 5.41) is 0.131. The topological polar surface area (TPSA) is 124 Å². The molecule has 3 rings (SSSR count). The molecule has 0 atom stereocenters. The van der Waals surface area contributed by atoms with Gasteiger partial charge in [-0.25, -0.2) is 13.4 Å². The summed E-state index contributed by atoms with van der Waals surface area (Å²) >= 11 is 0. The van der Waals surface area contributed by atoms with Crippen LogP contribution in [0.15, 0.2) is 15.5 Å². The van der Waals surface area contributed by atoms with Crippen molar-refractivity contribution >= 4 is 27.0 Å². The number of aromatic nitrogens is 2. The van der Waals surface area contributed by atoms with Crippen molar-refractivity contribution in [3.05, 3.63) is 28.0 Å². The average Bonchev–Trinajstić information content (AvgIpc) is 3.08. The monoisotopic (exact) mass is 442 g/mol. The minimum absolute atomic E-state index is 0.102. The number of aryl methyl sites for hydroxylation is 1. The molecule has 1 saturated heterocycles. The molecular weight excluding hydrogens is 416 g/mol. The van der Waals surface area contributed by atoms with Gasteiger partial charge in [-0.3, -0.25) is 14.2 Å². The molecule has 2 aromatic heterocycles. The number of sulfonamides is 1. The van der Waals surface area contributed by atoms with Crippen LogP contribution < -0.4 is 5.56 Å². The fraction of sp³-hybridized carbons (Fsp3) is 0.611. The van der Waals surface area contributed by atoms with Crippen molar-refractivity contribution in [2.24, 2.45) is 0 Å². The van der Waals surface area contributed by atoms with Gasteiger partial charge in [0.1, 0.15) is 17.5 Å². The average molecular weight is 442 g/mol. The quantitative estimate of drug-likeness (QED) is 0.545. The van der Waals surface area contributed by atoms with Crippen molar-refractivity contribution in [2.45, 2.75) is 13.5 Å². The van der Waals surface area contributed by atoms with Gasteiger partial charge in [0.2, 0.25) is 15.7 Å². The maximum Gasteiger partial charge on any atom is 0.265 e. The molecule has 0 radical (unpaired) electrons. The van der Waals surface area contributed by atoms with Crippen LogP contribution in [0, 0.1) is 6.92 Å². The first-order valence-corrected chi connectivity index (χ1v) is 11.1. The standard InChI is InChI=1S/C18H26N4O7S/c1-13-14(15-16(29-13)19-12-21(18(15)24)8-9-27-2)17(23)20-4-6-22(7-5-20)30(25,26)11-10-28-3/h12H,4-11H2,1-3H3. The molecule has 12 heteroatoms. The van der Waals surface area contributed by atoms with Gasteiger partial charge in [0, 0.05) is 40.4 Å². The molecule has 0 spiro atoms. The molecule has 1 amide bonds. The molecule has 166 valence electrons. The number of amides is 1. The second-order valence-electron chi connectivity index (χ2n) is 6.95. The molecule has 0 N–H and O–H groups in total. The van der Waals surface area contributed by atoms with Crippen LogP contribution in [0.25, 0.3) is 11.1 Å². The molecule has 0 saturated carbocycles. The van der Waals surface area contributed by atoms with Gasteiger partial charge in [-0.1, -0.05) is 0 Å². The van der Waals surface area contributed by atoms with Gasteiger partial charge in [0.05, 0.1) is 31.1 Å². The van der Waals surface area contributed by atoms with Gasteiger partial charge in [-0.2, -0.15) is 4.31 Å². The van der Waals surface area contributed by atoms with Crippen LogP contribution in [-0.2, 0) is 26.0 Å². The summed E-state index contributed by atoms with van der Waals surface area (Å²) in [6, 6.07) is 0. The number of carbonyl (C=O) groups excluding carboxylic acids is 1. The number of piperazine rings is 1. The number of rotatable bonds is 8. The highest BCUT2D eigenvalue weighted by molar-refractivity contribution is 7.89. The Morgan fingerprint density at radius 3 is 2.47 bits per heavy atom. The van der Waals surface area contributed by atoms with E-state index in [1.54, 1.807) is 6.92 Å². The summed E-state index contributed by atoms with van der Waals surface area (Å²) in [4.78, 5) is 31.7. The first kappa shape index (κ1) is 22.4. The van der Waals surface area contributed by atoms with E-state index in [2.05, 4.69) is 4.98 Å². The van der Waals surface area contributed by atoms with Crippen molar-refractivity contribution in [1.82, 2.24) is 18.8 Å². The number of methoxy groups -OCH3 is 2. The Kier molecular flexibility index (Phi) is 6.91. The van der Waals surface area contributed by atoms with E-state index in [4.69, 9.17) is 13.9 Å². The predicted octanol–water partition coefficient (Wildman–Crippen LogP) is -0.322. The maximum absolute atomic E-state index is 13.2. The normalized spacial score (nSPS) is 15.8. The van der Waals surface area contributed by atoms with Gasteiger partial charge in [-0.15, -0.1) is 0 Å². The summed E-state index contributed by atoms with van der Waals surface area (Å²) in [5.74, 6) is -0.168. The Hall–Kier alpha value is -2.28. The molecule has 0 bridgehead atoms. The molecule has 3 heterocycles. The number of nitrogens with zero attached hydrogens (tertiary/aromatic N) is 4. The second-order valence-corrected chi connectivity index (χ2v) is 9.04. The van der Waals surface area contributed by atoms with Gasteiger partial charge >= 0.3 is 0 Å².